The second-order valence-electron chi connectivity index (χ2n) is 10.3. The molecule has 0 spiro atoms. The Bertz CT molecular complexity index is 1250. The van der Waals surface area contributed by atoms with Gasteiger partial charge in [-0.1, -0.05) is 12.1 Å². The van der Waals surface area contributed by atoms with E-state index in [9.17, 15) is 14.7 Å². The van der Waals surface area contributed by atoms with E-state index in [1.54, 1.807) is 0 Å². The second-order valence-corrected chi connectivity index (χ2v) is 10.3. The van der Waals surface area contributed by atoms with Crippen molar-refractivity contribution < 1.29 is 24.2 Å². The number of fused-ring (bicyclic) bond motifs is 3. The predicted molar refractivity (Wildman–Crippen MR) is 136 cm³/mol. The third-order valence-electron chi connectivity index (χ3n) is 7.56. The van der Waals surface area contributed by atoms with Gasteiger partial charge in [0.05, 0.1) is 23.9 Å². The summed E-state index contributed by atoms with van der Waals surface area (Å²) in [5.41, 5.74) is 5.44. The number of anilines is 1. The van der Waals surface area contributed by atoms with E-state index in [1.807, 2.05) is 69.1 Å². The van der Waals surface area contributed by atoms with Crippen molar-refractivity contribution >= 4 is 17.5 Å². The molecule has 6 rings (SSSR count). The summed E-state index contributed by atoms with van der Waals surface area (Å²) in [6, 6.07) is 11.6. The molecule has 2 aromatic rings. The number of hydrogen-bond donors (Lipinski definition) is 3. The van der Waals surface area contributed by atoms with Crippen LogP contribution in [0.25, 0.3) is 0 Å². The molecule has 0 saturated heterocycles. The lowest BCUT2D eigenvalue weighted by Gasteiger charge is -2.52. The lowest BCUT2D eigenvalue weighted by molar-refractivity contribution is -0.130. The Labute approximate surface area is 211 Å². The number of nitrogens with one attached hydrogen (secondary N) is 2. The van der Waals surface area contributed by atoms with Gasteiger partial charge >= 0.3 is 0 Å². The highest BCUT2D eigenvalue weighted by Gasteiger charge is 2.53. The minimum atomic E-state index is -0.797. The number of rotatable bonds is 6. The van der Waals surface area contributed by atoms with Gasteiger partial charge in [-0.05, 0) is 80.1 Å². The van der Waals surface area contributed by atoms with E-state index in [2.05, 4.69) is 10.6 Å². The van der Waals surface area contributed by atoms with E-state index in [0.29, 0.717) is 30.9 Å². The van der Waals surface area contributed by atoms with E-state index in [1.165, 1.54) is 0 Å². The Morgan fingerprint density at radius 1 is 1.14 bits per heavy atom. The van der Waals surface area contributed by atoms with Gasteiger partial charge < -0.3 is 30.1 Å². The molecule has 1 unspecified atom stereocenters. The Morgan fingerprint density at radius 3 is 2.64 bits per heavy atom. The fraction of sp³-hybridized carbons (Fsp3) is 0.429. The molecule has 8 heteroatoms. The highest BCUT2D eigenvalue weighted by molar-refractivity contribution is 5.85. The van der Waals surface area contributed by atoms with Gasteiger partial charge in [-0.15, -0.1) is 0 Å². The van der Waals surface area contributed by atoms with Gasteiger partial charge in [-0.3, -0.25) is 9.59 Å². The van der Waals surface area contributed by atoms with Gasteiger partial charge in [0.15, 0.2) is 12.7 Å². The summed E-state index contributed by atoms with van der Waals surface area (Å²) in [6.07, 6.45) is -0.157. The molecule has 2 aromatic carbocycles. The molecule has 3 aliphatic carbocycles. The first kappa shape index (κ1) is 24.2. The molecule has 0 aromatic heterocycles. The van der Waals surface area contributed by atoms with E-state index in [4.69, 9.17) is 9.47 Å². The summed E-state index contributed by atoms with van der Waals surface area (Å²) in [7, 11) is 1.94. The maximum atomic E-state index is 13.0. The van der Waals surface area contributed by atoms with E-state index < -0.39 is 17.7 Å². The molecular formula is C28H33N3O5. The Kier molecular flexibility index (Phi) is 6.16. The molecule has 1 aliphatic heterocycles. The van der Waals surface area contributed by atoms with Crippen LogP contribution in [-0.4, -0.2) is 54.9 Å². The average Bonchev–Trinajstić information content (AvgIpc) is 2.81. The largest absolute Gasteiger partial charge is 0.484 e. The fourth-order valence-corrected chi connectivity index (χ4v) is 5.20. The van der Waals surface area contributed by atoms with Crippen molar-refractivity contribution in [3.8, 4) is 11.5 Å². The standard InChI is InChI=1S/C28H33N3O5/c1-16-5-8-23-22(9-16)31(4)14-24(36-23)27(34)29-21-11-25(32)28(12-19(21)13-28)30-26(33)15-35-20-7-6-17(2)18(3)10-20/h5-10,24-25,32H,11-15H2,1-4H3,(H,29,34)(H,30,33)/t24-,25?/m0/s1. The van der Waals surface area contributed by atoms with E-state index in [-0.39, 0.29) is 24.8 Å². The Morgan fingerprint density at radius 2 is 1.92 bits per heavy atom. The number of aliphatic hydroxyl groups is 1. The van der Waals surface area contributed by atoms with E-state index >= 15 is 0 Å². The molecule has 2 atom stereocenters. The van der Waals surface area contributed by atoms with Crippen molar-refractivity contribution in [3.05, 3.63) is 64.4 Å². The van der Waals surface area contributed by atoms with Crippen LogP contribution >= 0.6 is 0 Å². The summed E-state index contributed by atoms with van der Waals surface area (Å²) in [5, 5.41) is 16.8. The summed E-state index contributed by atoms with van der Waals surface area (Å²) >= 11 is 0. The number of amides is 2. The third-order valence-corrected chi connectivity index (χ3v) is 7.56. The highest BCUT2D eigenvalue weighted by Crippen LogP contribution is 2.48. The minimum absolute atomic E-state index is 0.118. The molecule has 2 amide bonds. The summed E-state index contributed by atoms with van der Waals surface area (Å²) in [4.78, 5) is 27.6. The smallest absolute Gasteiger partial charge is 0.267 e. The predicted octanol–water partition coefficient (Wildman–Crippen LogP) is 2.67. The first-order valence-corrected chi connectivity index (χ1v) is 12.3. The van der Waals surface area contributed by atoms with Crippen LogP contribution < -0.4 is 25.0 Å². The van der Waals surface area contributed by atoms with E-state index in [0.717, 1.165) is 33.6 Å². The SMILES string of the molecule is Cc1ccc2c(c1)N(C)C[C@@H](C(=O)NC1=C3CC(NC(=O)COc4ccc(C)c(C)c4)(C3)C(O)C1)O2. The number of carbonyl (C=O) groups excluding carboxylic acids is 2. The van der Waals surface area contributed by atoms with Gasteiger partial charge in [0, 0.05) is 19.2 Å². The molecule has 2 bridgehead atoms. The van der Waals surface area contributed by atoms with Crippen LogP contribution in [0.5, 0.6) is 11.5 Å². The molecule has 36 heavy (non-hydrogen) atoms. The van der Waals surface area contributed by atoms with Crippen molar-refractivity contribution in [2.24, 2.45) is 0 Å². The molecule has 1 heterocycles. The summed E-state index contributed by atoms with van der Waals surface area (Å²) < 4.78 is 11.6. The van der Waals surface area contributed by atoms with Gasteiger partial charge in [-0.2, -0.15) is 0 Å². The number of aryl methyl sites for hydroxylation is 3. The number of benzene rings is 2. The molecule has 4 aliphatic rings. The number of aliphatic hydroxyl groups excluding tert-OH is 1. The zero-order valence-corrected chi connectivity index (χ0v) is 21.2. The highest BCUT2D eigenvalue weighted by atomic mass is 16.5. The van der Waals surface area contributed by atoms with Gasteiger partial charge in [0.2, 0.25) is 0 Å². The quantitative estimate of drug-likeness (QED) is 0.575. The van der Waals surface area contributed by atoms with Crippen LogP contribution in [0.1, 0.15) is 36.0 Å². The second kappa shape index (κ2) is 9.17. The van der Waals surface area contributed by atoms with Crippen molar-refractivity contribution in [1.29, 1.82) is 0 Å². The first-order chi connectivity index (χ1) is 17.1. The van der Waals surface area contributed by atoms with Crippen LogP contribution in [0.15, 0.2) is 47.7 Å². The summed E-state index contributed by atoms with van der Waals surface area (Å²) in [6.45, 7) is 6.36. The maximum absolute atomic E-state index is 13.0. The Hall–Kier alpha value is -3.52. The zero-order valence-electron chi connectivity index (χ0n) is 21.2. The van der Waals surface area contributed by atoms with Gasteiger partial charge in [-0.25, -0.2) is 0 Å². The molecular weight excluding hydrogens is 458 g/mol. The van der Waals surface area contributed by atoms with Crippen molar-refractivity contribution in [2.45, 2.75) is 57.8 Å². The van der Waals surface area contributed by atoms with Crippen molar-refractivity contribution in [2.75, 3.05) is 25.1 Å². The zero-order chi connectivity index (χ0) is 25.6. The number of likely N-dealkylation sites (N-methyl/N-ethyl adjacent to an activating group) is 1. The lowest BCUT2D eigenvalue weighted by atomic mass is 9.62. The first-order valence-electron chi connectivity index (χ1n) is 12.3. The van der Waals surface area contributed by atoms with Gasteiger partial charge in [0.1, 0.15) is 11.5 Å². The van der Waals surface area contributed by atoms with Crippen LogP contribution in [-0.2, 0) is 9.59 Å². The molecule has 8 nitrogen and oxygen atoms in total. The van der Waals surface area contributed by atoms with Crippen molar-refractivity contribution in [3.63, 3.8) is 0 Å². The molecule has 190 valence electrons. The lowest BCUT2D eigenvalue weighted by Crippen LogP contribution is -2.66. The number of nitrogens with zero attached hydrogens (tertiary/aromatic N) is 1. The number of hydrogen-bond acceptors (Lipinski definition) is 6. The monoisotopic (exact) mass is 491 g/mol. The van der Waals surface area contributed by atoms with Crippen LogP contribution in [0.3, 0.4) is 0 Å². The third kappa shape index (κ3) is 4.53. The summed E-state index contributed by atoms with van der Waals surface area (Å²) in [5.74, 6) is 0.825. The average molecular weight is 492 g/mol. The molecule has 3 N–H and O–H groups in total. The number of carbonyl (C=O) groups is 2. The maximum Gasteiger partial charge on any atom is 0.267 e. The molecule has 1 saturated carbocycles. The number of ether oxygens (including phenoxy) is 2. The van der Waals surface area contributed by atoms with Crippen LogP contribution in [0.2, 0.25) is 0 Å². The fourth-order valence-electron chi connectivity index (χ4n) is 5.20. The van der Waals surface area contributed by atoms with Crippen LogP contribution in [0.4, 0.5) is 5.69 Å². The normalized spacial score (nSPS) is 24.3. The minimum Gasteiger partial charge on any atom is -0.484 e. The molecule has 0 radical (unpaired) electrons. The van der Waals surface area contributed by atoms with Crippen molar-refractivity contribution in [1.82, 2.24) is 10.6 Å². The van der Waals surface area contributed by atoms with Gasteiger partial charge in [0.25, 0.3) is 11.8 Å². The Balaban J connectivity index is 1.17. The van der Waals surface area contributed by atoms with Crippen LogP contribution in [0, 0.1) is 20.8 Å². The topological polar surface area (TPSA) is 100 Å². The molecule has 1 fully saturated rings.